The first-order valence-corrected chi connectivity index (χ1v) is 4.09. The Morgan fingerprint density at radius 1 is 1.18 bits per heavy atom. The number of hydrogen-bond donors (Lipinski definition) is 0. The van der Waals surface area contributed by atoms with E-state index in [2.05, 4.69) is 8.58 Å². The average molecular weight is 203 g/mol. The van der Waals surface area contributed by atoms with Crippen LogP contribution in [0.4, 0.5) is 0 Å². The van der Waals surface area contributed by atoms with Crippen molar-refractivity contribution in [1.29, 1.82) is 0 Å². The van der Waals surface area contributed by atoms with Crippen LogP contribution in [0.5, 0.6) is 0 Å². The van der Waals surface area contributed by atoms with E-state index in [4.69, 9.17) is 28.5 Å². The first-order chi connectivity index (χ1) is 5.35. The molecule has 11 heavy (non-hydrogen) atoms. The molecule has 0 atom stereocenters. The molecule has 0 heterocycles. The van der Waals surface area contributed by atoms with Crippen molar-refractivity contribution in [2.24, 2.45) is 0 Å². The van der Waals surface area contributed by atoms with Gasteiger partial charge in [-0.05, 0) is 6.42 Å². The smallest absolute Gasteiger partial charge is 0.199 e. The summed E-state index contributed by atoms with van der Waals surface area (Å²) in [6.45, 7) is 3.31. The lowest BCUT2D eigenvalue weighted by Gasteiger charge is -2.08. The molecule has 0 saturated heterocycles. The molecule has 0 aromatic carbocycles. The maximum absolute atomic E-state index is 5.14. The van der Waals surface area contributed by atoms with Gasteiger partial charge < -0.3 is 4.74 Å². The molecule has 0 aromatic rings. The Balaban J connectivity index is 3.07. The molecule has 0 amide bonds. The summed E-state index contributed by atoms with van der Waals surface area (Å²) >= 11 is 10.0. The molecule has 0 unspecified atom stereocenters. The number of hydrogen-bond acceptors (Lipinski definition) is 3. The quantitative estimate of drug-likeness (QED) is 0.469. The summed E-state index contributed by atoms with van der Waals surface area (Å²) in [7, 11) is 0. The van der Waals surface area contributed by atoms with Gasteiger partial charge in [0.25, 0.3) is 0 Å². The minimum atomic E-state index is -0.588. The first-order valence-electron chi connectivity index (χ1n) is 3.47. The van der Waals surface area contributed by atoms with E-state index in [9.17, 15) is 0 Å². The molecule has 0 spiro atoms. The topological polar surface area (TPSA) is 27.7 Å². The van der Waals surface area contributed by atoms with Gasteiger partial charge in [0, 0.05) is 13.0 Å². The van der Waals surface area contributed by atoms with Crippen molar-refractivity contribution in [3.8, 4) is 0 Å². The van der Waals surface area contributed by atoms with Crippen LogP contribution in [0, 0.1) is 0 Å². The maximum atomic E-state index is 5.14. The van der Waals surface area contributed by atoms with Crippen molar-refractivity contribution < 1.29 is 13.3 Å². The molecule has 0 saturated carbocycles. The minimum Gasteiger partial charge on any atom is -0.381 e. The highest BCUT2D eigenvalue weighted by molar-refractivity contribution is 6.09. The van der Waals surface area contributed by atoms with Crippen LogP contribution in [-0.2, 0) is 13.3 Å². The van der Waals surface area contributed by atoms with Gasteiger partial charge in [-0.2, -0.15) is 0 Å². The molecule has 0 aliphatic carbocycles. The van der Waals surface area contributed by atoms with Crippen LogP contribution in [0.2, 0.25) is 0 Å². The summed E-state index contributed by atoms with van der Waals surface area (Å²) in [5.41, 5.74) is 0. The van der Waals surface area contributed by atoms with E-state index in [1.807, 2.05) is 6.92 Å². The molecule has 0 N–H and O–H groups in total. The molecule has 0 fully saturated rings. The molecule has 0 aliphatic rings. The van der Waals surface area contributed by atoms with Gasteiger partial charge in [-0.1, -0.05) is 6.92 Å². The lowest BCUT2D eigenvalue weighted by atomic mass is 10.4. The largest absolute Gasteiger partial charge is 0.381 e. The van der Waals surface area contributed by atoms with Crippen LogP contribution in [-0.4, -0.2) is 19.5 Å². The Bertz CT molecular complexity index is 78.2. The predicted molar refractivity (Wildman–Crippen MR) is 43.4 cm³/mol. The van der Waals surface area contributed by atoms with Crippen molar-refractivity contribution >= 4 is 23.7 Å². The Morgan fingerprint density at radius 3 is 2.27 bits per heavy atom. The third-order valence-electron chi connectivity index (χ3n) is 1.05. The van der Waals surface area contributed by atoms with Crippen molar-refractivity contribution in [2.75, 3.05) is 13.2 Å². The van der Waals surface area contributed by atoms with Crippen LogP contribution in [0.25, 0.3) is 0 Å². The monoisotopic (exact) mass is 202 g/mol. The lowest BCUT2D eigenvalue weighted by Crippen LogP contribution is -2.11. The van der Waals surface area contributed by atoms with Gasteiger partial charge in [-0.3, -0.25) is 0 Å². The van der Waals surface area contributed by atoms with Crippen molar-refractivity contribution in [3.63, 3.8) is 0 Å². The molecule has 3 nitrogen and oxygen atoms in total. The molecular formula is C6H12Cl2O3. The fourth-order valence-corrected chi connectivity index (χ4v) is 0.817. The zero-order valence-corrected chi connectivity index (χ0v) is 7.90. The molecular weight excluding hydrogens is 191 g/mol. The fraction of sp³-hybridized carbons (Fsp3) is 1.00. The summed E-state index contributed by atoms with van der Waals surface area (Å²) in [6, 6.07) is 0. The van der Waals surface area contributed by atoms with Gasteiger partial charge in [0.05, 0.1) is 30.3 Å². The van der Waals surface area contributed by atoms with E-state index in [1.54, 1.807) is 0 Å². The molecule has 68 valence electrons. The molecule has 0 aromatic heterocycles. The second-order valence-electron chi connectivity index (χ2n) is 2.01. The Hall–Kier alpha value is 0.460. The number of ether oxygens (including phenoxy) is 1. The third kappa shape index (κ3) is 6.84. The van der Waals surface area contributed by atoms with Crippen molar-refractivity contribution in [3.05, 3.63) is 0 Å². The van der Waals surface area contributed by atoms with Gasteiger partial charge in [-0.25, -0.2) is 8.58 Å². The molecule has 0 rings (SSSR count). The summed E-state index contributed by atoms with van der Waals surface area (Å²) in [6.07, 6.45) is 0.941. The zero-order chi connectivity index (χ0) is 8.53. The van der Waals surface area contributed by atoms with E-state index >= 15 is 0 Å². The Morgan fingerprint density at radius 2 is 1.82 bits per heavy atom. The normalized spacial score (nSPS) is 10.9. The van der Waals surface area contributed by atoms with Crippen LogP contribution in [0.15, 0.2) is 0 Å². The summed E-state index contributed by atoms with van der Waals surface area (Å²) in [5.74, 6) is 0. The summed E-state index contributed by atoms with van der Waals surface area (Å²) in [4.78, 5) is 0. The van der Waals surface area contributed by atoms with Gasteiger partial charge in [0.1, 0.15) is 0 Å². The lowest BCUT2D eigenvalue weighted by molar-refractivity contribution is -0.0105. The molecule has 0 aliphatic heterocycles. The van der Waals surface area contributed by atoms with Crippen molar-refractivity contribution in [2.45, 2.75) is 26.1 Å². The maximum Gasteiger partial charge on any atom is 0.199 e. The van der Waals surface area contributed by atoms with Crippen LogP contribution < -0.4 is 0 Å². The highest BCUT2D eigenvalue weighted by Gasteiger charge is 2.06. The highest BCUT2D eigenvalue weighted by atomic mass is 35.5. The second-order valence-corrected chi connectivity index (χ2v) is 2.37. The number of halogens is 2. The van der Waals surface area contributed by atoms with Crippen molar-refractivity contribution in [1.82, 2.24) is 0 Å². The first kappa shape index (κ1) is 11.5. The van der Waals surface area contributed by atoms with Gasteiger partial charge in [-0.15, -0.1) is 0 Å². The van der Waals surface area contributed by atoms with Crippen LogP contribution in [0.1, 0.15) is 19.8 Å². The van der Waals surface area contributed by atoms with Crippen LogP contribution >= 0.6 is 23.7 Å². The van der Waals surface area contributed by atoms with E-state index < -0.39 is 6.29 Å². The predicted octanol–water partition coefficient (Wildman–Crippen LogP) is 2.47. The van der Waals surface area contributed by atoms with Crippen LogP contribution in [0.3, 0.4) is 0 Å². The molecule has 5 heteroatoms. The zero-order valence-electron chi connectivity index (χ0n) is 6.39. The van der Waals surface area contributed by atoms with Gasteiger partial charge in [0.2, 0.25) is 0 Å². The Kier molecular flexibility index (Phi) is 8.91. The van der Waals surface area contributed by atoms with E-state index in [0.717, 1.165) is 13.0 Å². The summed E-state index contributed by atoms with van der Waals surface area (Å²) in [5, 5.41) is 0. The molecule has 0 bridgehead atoms. The fourth-order valence-electron chi connectivity index (χ4n) is 0.529. The standard InChI is InChI=1S/C6H12Cl2O3/c1-2-4-9-5-3-6(10-7)11-8/h6H,2-5H2,1H3. The average Bonchev–Trinajstić information content (AvgIpc) is 2.05. The van der Waals surface area contributed by atoms with Gasteiger partial charge in [0.15, 0.2) is 6.29 Å². The summed E-state index contributed by atoms with van der Waals surface area (Å²) < 4.78 is 13.8. The Labute approximate surface area is 76.9 Å². The SMILES string of the molecule is CCCOCCC(OCl)OCl. The number of rotatable bonds is 7. The minimum absolute atomic E-state index is 0.535. The highest BCUT2D eigenvalue weighted by Crippen LogP contribution is 2.05. The molecule has 0 radical (unpaired) electrons. The van der Waals surface area contributed by atoms with E-state index in [1.165, 1.54) is 0 Å². The van der Waals surface area contributed by atoms with E-state index in [0.29, 0.717) is 13.0 Å². The van der Waals surface area contributed by atoms with E-state index in [-0.39, 0.29) is 0 Å². The third-order valence-corrected chi connectivity index (χ3v) is 1.44. The second kappa shape index (κ2) is 8.56. The van der Waals surface area contributed by atoms with Gasteiger partial charge >= 0.3 is 0 Å².